The van der Waals surface area contributed by atoms with Crippen LogP contribution in [-0.4, -0.2) is 38.7 Å². The molecule has 1 spiro atoms. The smallest absolute Gasteiger partial charge is 0.223 e. The Hall–Kier alpha value is -2.08. The van der Waals surface area contributed by atoms with Gasteiger partial charge in [-0.3, -0.25) is 9.97 Å². The summed E-state index contributed by atoms with van der Waals surface area (Å²) in [5.74, 6) is 1.30. The van der Waals surface area contributed by atoms with Crippen LogP contribution in [-0.2, 0) is 4.74 Å². The normalized spacial score (nSPS) is 30.3. The number of anilines is 1. The van der Waals surface area contributed by atoms with Crippen molar-refractivity contribution in [1.29, 1.82) is 0 Å². The molecular formula is C17H19N5O. The zero-order chi connectivity index (χ0) is 15.3. The summed E-state index contributed by atoms with van der Waals surface area (Å²) in [5, 5.41) is 3.60. The van der Waals surface area contributed by atoms with Crippen LogP contribution in [0, 0.1) is 11.3 Å². The summed E-state index contributed by atoms with van der Waals surface area (Å²) in [6, 6.07) is 2.32. The lowest BCUT2D eigenvalue weighted by atomic mass is 9.46. The van der Waals surface area contributed by atoms with Crippen LogP contribution in [0.4, 0.5) is 5.95 Å². The van der Waals surface area contributed by atoms with Gasteiger partial charge in [-0.2, -0.15) is 0 Å². The molecule has 23 heavy (non-hydrogen) atoms. The predicted molar refractivity (Wildman–Crippen MR) is 84.6 cm³/mol. The molecule has 5 rings (SSSR count). The Labute approximate surface area is 134 Å². The molecule has 3 unspecified atom stereocenters. The van der Waals surface area contributed by atoms with Gasteiger partial charge in [-0.25, -0.2) is 9.97 Å². The van der Waals surface area contributed by atoms with E-state index in [4.69, 9.17) is 4.74 Å². The maximum atomic E-state index is 5.97. The first-order valence-corrected chi connectivity index (χ1v) is 8.34. The van der Waals surface area contributed by atoms with Crippen molar-refractivity contribution >= 4 is 5.95 Å². The highest BCUT2D eigenvalue weighted by molar-refractivity contribution is 5.54. The van der Waals surface area contributed by atoms with E-state index in [1.807, 2.05) is 6.07 Å². The van der Waals surface area contributed by atoms with E-state index < -0.39 is 0 Å². The maximum Gasteiger partial charge on any atom is 0.223 e. The van der Waals surface area contributed by atoms with Crippen molar-refractivity contribution in [3.8, 4) is 11.4 Å². The van der Waals surface area contributed by atoms with Crippen molar-refractivity contribution in [2.75, 3.05) is 11.9 Å². The molecular weight excluding hydrogens is 290 g/mol. The van der Waals surface area contributed by atoms with Crippen molar-refractivity contribution < 1.29 is 4.74 Å². The summed E-state index contributed by atoms with van der Waals surface area (Å²) >= 11 is 0. The number of nitrogens with one attached hydrogen (secondary N) is 1. The maximum absolute atomic E-state index is 5.97. The molecule has 0 aromatic carbocycles. The number of ether oxygens (including phenoxy) is 1. The molecule has 2 aliphatic carbocycles. The van der Waals surface area contributed by atoms with Crippen molar-refractivity contribution in [3.63, 3.8) is 0 Å². The quantitative estimate of drug-likeness (QED) is 0.938. The Balaban J connectivity index is 1.41. The van der Waals surface area contributed by atoms with Crippen LogP contribution in [0.5, 0.6) is 0 Å². The van der Waals surface area contributed by atoms with Gasteiger partial charge in [0.25, 0.3) is 0 Å². The Bertz CT molecular complexity index is 718. The third-order valence-corrected chi connectivity index (χ3v) is 5.80. The average molecular weight is 309 g/mol. The topological polar surface area (TPSA) is 72.8 Å². The molecule has 3 fully saturated rings. The minimum atomic E-state index is 0.326. The van der Waals surface area contributed by atoms with Crippen LogP contribution >= 0.6 is 0 Å². The molecule has 6 heteroatoms. The van der Waals surface area contributed by atoms with Crippen LogP contribution in [0.2, 0.25) is 0 Å². The number of nitrogens with zero attached hydrogens (tertiary/aromatic N) is 4. The van der Waals surface area contributed by atoms with Gasteiger partial charge in [-0.15, -0.1) is 0 Å². The third kappa shape index (κ3) is 1.91. The lowest BCUT2D eigenvalue weighted by Crippen LogP contribution is -2.69. The second-order valence-electron chi connectivity index (χ2n) is 6.81. The van der Waals surface area contributed by atoms with Crippen molar-refractivity contribution in [1.82, 2.24) is 19.9 Å². The lowest BCUT2D eigenvalue weighted by molar-refractivity contribution is -0.158. The molecule has 3 atom stereocenters. The zero-order valence-corrected chi connectivity index (χ0v) is 12.9. The van der Waals surface area contributed by atoms with Crippen LogP contribution in [0.3, 0.4) is 0 Å². The summed E-state index contributed by atoms with van der Waals surface area (Å²) < 4.78 is 5.97. The summed E-state index contributed by atoms with van der Waals surface area (Å²) in [7, 11) is 0. The van der Waals surface area contributed by atoms with E-state index in [9.17, 15) is 0 Å². The minimum absolute atomic E-state index is 0.326. The molecule has 0 bridgehead atoms. The molecule has 6 nitrogen and oxygen atoms in total. The standard InChI is InChI=1S/C17H19N5O/c1-4-17(5-1)14(11-3-9-23-15(11)17)22-16-20-6-2-12(21-16)13-10-18-7-8-19-13/h2,6-8,10-11,14-15H,1,3-5,9H2,(H,20,21,22). The van der Waals surface area contributed by atoms with Gasteiger partial charge in [0, 0.05) is 42.6 Å². The summed E-state index contributed by atoms with van der Waals surface area (Å²) in [6.45, 7) is 0.899. The lowest BCUT2D eigenvalue weighted by Gasteiger charge is -2.63. The van der Waals surface area contributed by atoms with Crippen LogP contribution in [0.25, 0.3) is 11.4 Å². The van der Waals surface area contributed by atoms with Crippen molar-refractivity contribution in [3.05, 3.63) is 30.9 Å². The van der Waals surface area contributed by atoms with E-state index in [-0.39, 0.29) is 0 Å². The SMILES string of the molecule is c1cnc(-c2ccnc(NC3C4CCOC4C34CCC4)n2)cn1. The summed E-state index contributed by atoms with van der Waals surface area (Å²) in [5.41, 5.74) is 1.90. The predicted octanol–water partition coefficient (Wildman–Crippen LogP) is 2.30. The number of hydrogen-bond donors (Lipinski definition) is 1. The molecule has 1 aliphatic heterocycles. The van der Waals surface area contributed by atoms with Crippen LogP contribution < -0.4 is 5.32 Å². The number of fused-ring (bicyclic) bond motifs is 2. The first-order valence-electron chi connectivity index (χ1n) is 8.34. The van der Waals surface area contributed by atoms with Gasteiger partial charge < -0.3 is 10.1 Å². The second kappa shape index (κ2) is 4.96. The Morgan fingerprint density at radius 1 is 1.13 bits per heavy atom. The fourth-order valence-electron chi connectivity index (χ4n) is 4.60. The first kappa shape index (κ1) is 13.4. The van der Waals surface area contributed by atoms with Crippen molar-refractivity contribution in [2.24, 2.45) is 11.3 Å². The summed E-state index contributed by atoms with van der Waals surface area (Å²) in [4.78, 5) is 17.5. The van der Waals surface area contributed by atoms with Crippen LogP contribution in [0.15, 0.2) is 30.9 Å². The van der Waals surface area contributed by atoms with E-state index in [2.05, 4.69) is 25.3 Å². The van der Waals surface area contributed by atoms with Gasteiger partial charge in [-0.05, 0) is 25.3 Å². The summed E-state index contributed by atoms with van der Waals surface area (Å²) in [6.07, 6.45) is 12.3. The van der Waals surface area contributed by atoms with Gasteiger partial charge in [0.2, 0.25) is 5.95 Å². The minimum Gasteiger partial charge on any atom is -0.377 e. The van der Waals surface area contributed by atoms with E-state index in [1.54, 1.807) is 24.8 Å². The van der Waals surface area contributed by atoms with Gasteiger partial charge in [0.1, 0.15) is 5.69 Å². The molecule has 2 aromatic heterocycles. The molecule has 1 saturated heterocycles. The number of aromatic nitrogens is 4. The van der Waals surface area contributed by atoms with E-state index in [0.29, 0.717) is 29.4 Å². The molecule has 118 valence electrons. The molecule has 3 aliphatic rings. The number of rotatable bonds is 3. The Morgan fingerprint density at radius 3 is 2.87 bits per heavy atom. The molecule has 0 amide bonds. The largest absolute Gasteiger partial charge is 0.377 e. The Morgan fingerprint density at radius 2 is 2.09 bits per heavy atom. The number of hydrogen-bond acceptors (Lipinski definition) is 6. The highest BCUT2D eigenvalue weighted by Gasteiger charge is 2.66. The fraction of sp³-hybridized carbons (Fsp3) is 0.529. The molecule has 0 radical (unpaired) electrons. The molecule has 3 heterocycles. The highest BCUT2D eigenvalue weighted by atomic mass is 16.5. The van der Waals surface area contributed by atoms with E-state index in [1.165, 1.54) is 19.3 Å². The van der Waals surface area contributed by atoms with E-state index >= 15 is 0 Å². The van der Waals surface area contributed by atoms with E-state index in [0.717, 1.165) is 24.4 Å². The third-order valence-electron chi connectivity index (χ3n) is 5.80. The highest BCUT2D eigenvalue weighted by Crippen LogP contribution is 2.63. The Kier molecular flexibility index (Phi) is 2.88. The molecule has 1 N–H and O–H groups in total. The molecule has 2 aromatic rings. The average Bonchev–Trinajstić information content (AvgIpc) is 2.98. The van der Waals surface area contributed by atoms with Gasteiger partial charge >= 0.3 is 0 Å². The molecule has 2 saturated carbocycles. The van der Waals surface area contributed by atoms with Gasteiger partial charge in [-0.1, -0.05) is 6.42 Å². The van der Waals surface area contributed by atoms with Crippen LogP contribution in [0.1, 0.15) is 25.7 Å². The zero-order valence-electron chi connectivity index (χ0n) is 12.9. The second-order valence-corrected chi connectivity index (χ2v) is 6.81. The van der Waals surface area contributed by atoms with Gasteiger partial charge in [0.15, 0.2) is 0 Å². The van der Waals surface area contributed by atoms with Crippen molar-refractivity contribution in [2.45, 2.75) is 37.8 Å². The fourth-order valence-corrected chi connectivity index (χ4v) is 4.60. The van der Waals surface area contributed by atoms with Gasteiger partial charge in [0.05, 0.1) is 18.0 Å². The first-order chi connectivity index (χ1) is 11.4. The monoisotopic (exact) mass is 309 g/mol.